The molecular weight excluding hydrogens is 338 g/mol. The van der Waals surface area contributed by atoms with E-state index >= 15 is 0 Å². The van der Waals surface area contributed by atoms with E-state index in [0.717, 1.165) is 5.56 Å². The van der Waals surface area contributed by atoms with Gasteiger partial charge in [0.2, 0.25) is 0 Å². The summed E-state index contributed by atoms with van der Waals surface area (Å²) in [5.41, 5.74) is 1.87. The number of carbonyl (C=O) groups is 1. The minimum Gasteiger partial charge on any atom is -0.485 e. The van der Waals surface area contributed by atoms with Crippen molar-refractivity contribution in [1.82, 2.24) is 4.98 Å². The van der Waals surface area contributed by atoms with Gasteiger partial charge in [-0.1, -0.05) is 60.1 Å². The fourth-order valence-electron chi connectivity index (χ4n) is 2.32. The van der Waals surface area contributed by atoms with Crippen molar-refractivity contribution in [3.63, 3.8) is 0 Å². The van der Waals surface area contributed by atoms with Crippen LogP contribution in [0.4, 0.5) is 0 Å². The van der Waals surface area contributed by atoms with Crippen molar-refractivity contribution < 1.29 is 14.3 Å². The van der Waals surface area contributed by atoms with Crippen LogP contribution in [0.3, 0.4) is 0 Å². The number of halogens is 1. The molecule has 4 nitrogen and oxygen atoms in total. The zero-order valence-corrected chi connectivity index (χ0v) is 14.4. The summed E-state index contributed by atoms with van der Waals surface area (Å²) in [5.74, 6) is 0.149. The van der Waals surface area contributed by atoms with Gasteiger partial charge in [0.05, 0.1) is 0 Å². The molecule has 0 bridgehead atoms. The van der Waals surface area contributed by atoms with Gasteiger partial charge in [-0.3, -0.25) is 0 Å². The van der Waals surface area contributed by atoms with Crippen LogP contribution in [-0.2, 0) is 6.61 Å². The molecule has 0 aliphatic rings. The summed E-state index contributed by atoms with van der Waals surface area (Å²) >= 11 is 6.17. The zero-order chi connectivity index (χ0) is 17.6. The Hall–Kier alpha value is -2.85. The first-order chi connectivity index (χ1) is 12.1. The molecule has 126 valence electrons. The molecule has 25 heavy (non-hydrogen) atoms. The van der Waals surface area contributed by atoms with Crippen LogP contribution in [0.15, 0.2) is 66.9 Å². The topological polar surface area (TPSA) is 48.4 Å². The van der Waals surface area contributed by atoms with Crippen LogP contribution < -0.4 is 9.47 Å². The molecule has 1 aromatic heterocycles. The molecule has 0 amide bonds. The Balaban J connectivity index is 1.87. The lowest BCUT2D eigenvalue weighted by Gasteiger charge is -2.14. The van der Waals surface area contributed by atoms with Crippen LogP contribution >= 0.6 is 11.6 Å². The van der Waals surface area contributed by atoms with Gasteiger partial charge in [-0.15, -0.1) is 0 Å². The molecule has 0 unspecified atom stereocenters. The van der Waals surface area contributed by atoms with Crippen LogP contribution in [0.25, 0.3) is 0 Å². The van der Waals surface area contributed by atoms with Gasteiger partial charge < -0.3 is 9.47 Å². The molecule has 1 heterocycles. The third-order valence-electron chi connectivity index (χ3n) is 3.56. The minimum atomic E-state index is -0.531. The molecule has 3 aromatic rings. The lowest BCUT2D eigenvalue weighted by atomic mass is 10.1. The Labute approximate surface area is 151 Å². The predicted molar refractivity (Wildman–Crippen MR) is 96.2 cm³/mol. The second-order valence-corrected chi connectivity index (χ2v) is 5.77. The number of aromatic nitrogens is 1. The quantitative estimate of drug-likeness (QED) is 0.374. The van der Waals surface area contributed by atoms with Crippen molar-refractivity contribution >= 4 is 17.6 Å². The number of nitrogens with zero attached hydrogens (tertiary/aromatic N) is 1. The first-order valence-electron chi connectivity index (χ1n) is 7.74. The van der Waals surface area contributed by atoms with Gasteiger partial charge in [-0.25, -0.2) is 9.78 Å². The Morgan fingerprint density at radius 2 is 1.68 bits per heavy atom. The molecule has 2 aromatic carbocycles. The summed E-state index contributed by atoms with van der Waals surface area (Å²) in [6.45, 7) is 2.04. The van der Waals surface area contributed by atoms with Gasteiger partial charge in [0.15, 0.2) is 10.9 Å². The van der Waals surface area contributed by atoms with Gasteiger partial charge >= 0.3 is 5.97 Å². The van der Waals surface area contributed by atoms with Crippen molar-refractivity contribution in [1.29, 1.82) is 0 Å². The minimum absolute atomic E-state index is 0.126. The third kappa shape index (κ3) is 4.17. The van der Waals surface area contributed by atoms with E-state index < -0.39 is 5.97 Å². The van der Waals surface area contributed by atoms with Crippen molar-refractivity contribution in [2.45, 2.75) is 13.5 Å². The van der Waals surface area contributed by atoms with Crippen molar-refractivity contribution in [3.8, 4) is 11.5 Å². The molecule has 5 heteroatoms. The number of hydrogen-bond donors (Lipinski definition) is 0. The number of para-hydroxylation sites is 1. The number of ether oxygens (including phenoxy) is 2. The highest BCUT2D eigenvalue weighted by Gasteiger charge is 2.22. The maximum atomic E-state index is 12.6. The second kappa shape index (κ2) is 7.81. The fourth-order valence-corrected chi connectivity index (χ4v) is 2.52. The van der Waals surface area contributed by atoms with E-state index in [1.54, 1.807) is 31.2 Å². The molecule has 0 atom stereocenters. The molecule has 0 aliphatic heterocycles. The number of hydrogen-bond acceptors (Lipinski definition) is 4. The number of esters is 1. The maximum absolute atomic E-state index is 12.6. The highest BCUT2D eigenvalue weighted by molar-refractivity contribution is 6.31. The predicted octanol–water partition coefficient (Wildman–Crippen LogP) is 4.84. The monoisotopic (exact) mass is 353 g/mol. The molecule has 0 fully saturated rings. The van der Waals surface area contributed by atoms with E-state index in [4.69, 9.17) is 21.1 Å². The largest absolute Gasteiger partial charge is 0.485 e. The van der Waals surface area contributed by atoms with Crippen LogP contribution in [0.5, 0.6) is 11.5 Å². The first-order valence-corrected chi connectivity index (χ1v) is 8.12. The van der Waals surface area contributed by atoms with E-state index in [0.29, 0.717) is 11.3 Å². The Morgan fingerprint density at radius 3 is 2.36 bits per heavy atom. The van der Waals surface area contributed by atoms with E-state index in [1.807, 2.05) is 36.4 Å². The van der Waals surface area contributed by atoms with Crippen molar-refractivity contribution in [3.05, 3.63) is 88.7 Å². The van der Waals surface area contributed by atoms with Crippen molar-refractivity contribution in [2.75, 3.05) is 0 Å². The number of benzene rings is 2. The normalized spacial score (nSPS) is 10.3. The summed E-state index contributed by atoms with van der Waals surface area (Å²) < 4.78 is 11.2. The standard InChI is InChI=1S/C20H16ClNO3/c1-14-12-22-19(21)18(24-13-15-8-4-2-5-9-15)17(14)20(23)25-16-10-6-3-7-11-16/h2-12H,13H2,1H3. The van der Waals surface area contributed by atoms with Gasteiger partial charge in [-0.05, 0) is 30.2 Å². The summed E-state index contributed by atoms with van der Waals surface area (Å²) in [7, 11) is 0. The Morgan fingerprint density at radius 1 is 1.04 bits per heavy atom. The molecule has 0 N–H and O–H groups in total. The molecule has 0 radical (unpaired) electrons. The van der Waals surface area contributed by atoms with Crippen LogP contribution in [-0.4, -0.2) is 11.0 Å². The second-order valence-electron chi connectivity index (χ2n) is 5.41. The summed E-state index contributed by atoms with van der Waals surface area (Å²) in [4.78, 5) is 16.7. The summed E-state index contributed by atoms with van der Waals surface area (Å²) in [6.07, 6.45) is 1.53. The lowest BCUT2D eigenvalue weighted by Crippen LogP contribution is -2.13. The number of aryl methyl sites for hydroxylation is 1. The Kier molecular flexibility index (Phi) is 5.31. The number of pyridine rings is 1. The fraction of sp³-hybridized carbons (Fsp3) is 0.100. The average Bonchev–Trinajstić information content (AvgIpc) is 2.64. The van der Waals surface area contributed by atoms with Crippen LogP contribution in [0.1, 0.15) is 21.5 Å². The summed E-state index contributed by atoms with van der Waals surface area (Å²) in [6, 6.07) is 18.5. The highest BCUT2D eigenvalue weighted by atomic mass is 35.5. The Bertz CT molecular complexity index is 867. The van der Waals surface area contributed by atoms with Crippen LogP contribution in [0, 0.1) is 6.92 Å². The zero-order valence-electron chi connectivity index (χ0n) is 13.6. The first kappa shape index (κ1) is 17.0. The average molecular weight is 354 g/mol. The van der Waals surface area contributed by atoms with E-state index in [-0.39, 0.29) is 23.1 Å². The molecule has 0 saturated carbocycles. The van der Waals surface area contributed by atoms with E-state index in [2.05, 4.69) is 4.98 Å². The summed E-state index contributed by atoms with van der Waals surface area (Å²) in [5, 5.41) is 0.126. The molecule has 0 aliphatic carbocycles. The molecule has 3 rings (SSSR count). The van der Waals surface area contributed by atoms with Gasteiger partial charge in [-0.2, -0.15) is 0 Å². The lowest BCUT2D eigenvalue weighted by molar-refractivity contribution is 0.0728. The van der Waals surface area contributed by atoms with Gasteiger partial charge in [0.25, 0.3) is 0 Å². The number of rotatable bonds is 5. The van der Waals surface area contributed by atoms with Gasteiger partial charge in [0, 0.05) is 6.20 Å². The third-order valence-corrected chi connectivity index (χ3v) is 3.83. The van der Waals surface area contributed by atoms with Gasteiger partial charge in [0.1, 0.15) is 17.9 Å². The molecule has 0 spiro atoms. The van der Waals surface area contributed by atoms with Crippen molar-refractivity contribution in [2.24, 2.45) is 0 Å². The molecular formula is C20H16ClNO3. The molecule has 0 saturated heterocycles. The van der Waals surface area contributed by atoms with E-state index in [9.17, 15) is 4.79 Å². The maximum Gasteiger partial charge on any atom is 0.347 e. The van der Waals surface area contributed by atoms with Crippen LogP contribution in [0.2, 0.25) is 5.15 Å². The SMILES string of the molecule is Cc1cnc(Cl)c(OCc2ccccc2)c1C(=O)Oc1ccccc1. The smallest absolute Gasteiger partial charge is 0.347 e. The number of carbonyl (C=O) groups excluding carboxylic acids is 1. The highest BCUT2D eigenvalue weighted by Crippen LogP contribution is 2.31. The van der Waals surface area contributed by atoms with E-state index in [1.165, 1.54) is 6.20 Å².